The molecule has 1 rings (SSSR count). The van der Waals surface area contributed by atoms with Gasteiger partial charge in [-0.25, -0.2) is 4.79 Å². The summed E-state index contributed by atoms with van der Waals surface area (Å²) in [5.74, 6) is 0.294. The second kappa shape index (κ2) is 5.00. The van der Waals surface area contributed by atoms with Crippen molar-refractivity contribution in [3.05, 3.63) is 22.1 Å². The Labute approximate surface area is 84.1 Å². The van der Waals surface area contributed by atoms with E-state index in [1.165, 1.54) is 0 Å². The molecule has 4 nitrogen and oxygen atoms in total. The molecule has 0 fully saturated rings. The number of hydrogen-bond donors (Lipinski definition) is 1. The normalized spacial score (nSPS) is 10.7. The van der Waals surface area contributed by atoms with Crippen LogP contribution in [0.4, 0.5) is 0 Å². The summed E-state index contributed by atoms with van der Waals surface area (Å²) in [6.45, 7) is 9.98. The average Bonchev–Trinajstić information content (AvgIpc) is 2.49. The molecule has 0 saturated heterocycles. The van der Waals surface area contributed by atoms with Crippen molar-refractivity contribution < 1.29 is 8.83 Å². The molecule has 2 N–H and O–H groups in total. The molecule has 1 aromatic rings. The van der Waals surface area contributed by atoms with Gasteiger partial charge in [-0.2, -0.15) is 0 Å². The van der Waals surface area contributed by atoms with E-state index < -0.39 is 5.82 Å². The summed E-state index contributed by atoms with van der Waals surface area (Å²) in [5, 5.41) is 0. The highest BCUT2D eigenvalue weighted by Crippen LogP contribution is 2.24. The summed E-state index contributed by atoms with van der Waals surface area (Å²) in [6, 6.07) is 0. The van der Waals surface area contributed by atoms with E-state index >= 15 is 0 Å². The molecule has 0 aliphatic rings. The lowest BCUT2D eigenvalue weighted by Gasteiger charge is -2.14. The van der Waals surface area contributed by atoms with Crippen molar-refractivity contribution in [2.45, 2.75) is 46.6 Å². The molecule has 82 valence electrons. The largest absolute Gasteiger partial charge is 0.519 e. The molecule has 0 aliphatic heterocycles. The molecular formula is C10H19NO3. The van der Waals surface area contributed by atoms with Crippen LogP contribution in [0.15, 0.2) is 13.6 Å². The minimum Gasteiger partial charge on any atom is -0.395 e. The Morgan fingerprint density at radius 2 is 1.71 bits per heavy atom. The molecule has 1 heterocycles. The summed E-state index contributed by atoms with van der Waals surface area (Å²) in [5.41, 5.74) is 5.13. The lowest BCUT2D eigenvalue weighted by molar-refractivity contribution is 0.343. The first-order chi connectivity index (χ1) is 6.45. The first kappa shape index (κ1) is 13.0. The Hall–Kier alpha value is -1.03. The Kier molecular flexibility index (Phi) is 4.63. The van der Waals surface area contributed by atoms with E-state index in [1.807, 2.05) is 34.6 Å². The maximum absolute atomic E-state index is 10.7. The van der Waals surface area contributed by atoms with Gasteiger partial charge in [0.25, 0.3) is 0 Å². The summed E-state index contributed by atoms with van der Waals surface area (Å²) < 4.78 is 9.61. The Balaban J connectivity index is 0.000000791. The van der Waals surface area contributed by atoms with Crippen LogP contribution < -0.4 is 11.6 Å². The Morgan fingerprint density at radius 3 is 2.00 bits per heavy atom. The molecule has 1 aromatic heterocycles. The second-order valence-electron chi connectivity index (χ2n) is 3.66. The summed E-state index contributed by atoms with van der Waals surface area (Å²) >= 11 is 0. The fraction of sp³-hybridized carbons (Fsp3) is 0.700. The van der Waals surface area contributed by atoms with Gasteiger partial charge in [-0.3, -0.25) is 0 Å². The first-order valence-corrected chi connectivity index (χ1v) is 4.78. The first-order valence-electron chi connectivity index (χ1n) is 4.78. The quantitative estimate of drug-likeness (QED) is 0.754. The number of rotatable bonds is 1. The smallest absolute Gasteiger partial charge is 0.395 e. The van der Waals surface area contributed by atoms with E-state index in [1.54, 1.807) is 0 Å². The second-order valence-corrected chi connectivity index (χ2v) is 3.66. The van der Waals surface area contributed by atoms with Gasteiger partial charge < -0.3 is 14.6 Å². The van der Waals surface area contributed by atoms with Crippen molar-refractivity contribution >= 4 is 0 Å². The van der Waals surface area contributed by atoms with Gasteiger partial charge in [-0.15, -0.1) is 0 Å². The van der Waals surface area contributed by atoms with Gasteiger partial charge in [0.05, 0.1) is 6.54 Å². The highest BCUT2D eigenvalue weighted by atomic mass is 16.6. The Bertz CT molecular complexity index is 317. The predicted molar refractivity (Wildman–Crippen MR) is 55.2 cm³/mol. The minimum atomic E-state index is -0.680. The van der Waals surface area contributed by atoms with E-state index in [9.17, 15) is 4.79 Å². The molecule has 0 unspecified atom stereocenters. The molecule has 0 spiro atoms. The molecule has 0 aromatic carbocycles. The molecule has 14 heavy (non-hydrogen) atoms. The van der Waals surface area contributed by atoms with Crippen LogP contribution in [0.25, 0.3) is 0 Å². The third-order valence-electron chi connectivity index (χ3n) is 1.51. The van der Waals surface area contributed by atoms with E-state index in [0.29, 0.717) is 11.5 Å². The van der Waals surface area contributed by atoms with E-state index in [-0.39, 0.29) is 12.0 Å². The third-order valence-corrected chi connectivity index (χ3v) is 1.51. The molecule has 0 atom stereocenters. The summed E-state index contributed by atoms with van der Waals surface area (Å²) in [4.78, 5) is 10.7. The SMILES string of the molecule is CC.CC(C)(C)c1oc(=O)oc1CN. The van der Waals surface area contributed by atoms with Gasteiger partial charge >= 0.3 is 5.82 Å². The highest BCUT2D eigenvalue weighted by molar-refractivity contribution is 5.12. The van der Waals surface area contributed by atoms with Gasteiger partial charge in [0.15, 0.2) is 11.5 Å². The Morgan fingerprint density at radius 1 is 1.21 bits per heavy atom. The van der Waals surface area contributed by atoms with Crippen LogP contribution in [0.1, 0.15) is 46.1 Å². The van der Waals surface area contributed by atoms with Crippen molar-refractivity contribution in [2.75, 3.05) is 0 Å². The predicted octanol–water partition coefficient (Wildman–Crippen LogP) is 2.02. The fourth-order valence-corrected chi connectivity index (χ4v) is 1.01. The molecule has 0 radical (unpaired) electrons. The van der Waals surface area contributed by atoms with Crippen LogP contribution >= 0.6 is 0 Å². The third kappa shape index (κ3) is 3.03. The van der Waals surface area contributed by atoms with E-state index in [4.69, 9.17) is 14.6 Å². The summed E-state index contributed by atoms with van der Waals surface area (Å²) in [7, 11) is 0. The molecular weight excluding hydrogens is 182 g/mol. The van der Waals surface area contributed by atoms with Gasteiger partial charge in [-0.05, 0) is 0 Å². The van der Waals surface area contributed by atoms with Crippen LogP contribution in [0, 0.1) is 0 Å². The zero-order valence-electron chi connectivity index (χ0n) is 9.51. The zero-order valence-corrected chi connectivity index (χ0v) is 9.51. The van der Waals surface area contributed by atoms with Gasteiger partial charge in [0.1, 0.15) is 0 Å². The molecule has 4 heteroatoms. The molecule has 0 aliphatic carbocycles. The highest BCUT2D eigenvalue weighted by Gasteiger charge is 2.24. The molecule has 0 amide bonds. The van der Waals surface area contributed by atoms with Crippen LogP contribution in [0.3, 0.4) is 0 Å². The maximum Gasteiger partial charge on any atom is 0.519 e. The van der Waals surface area contributed by atoms with Crippen molar-refractivity contribution in [2.24, 2.45) is 5.73 Å². The van der Waals surface area contributed by atoms with Crippen molar-refractivity contribution in [3.8, 4) is 0 Å². The van der Waals surface area contributed by atoms with Gasteiger partial charge in [-0.1, -0.05) is 34.6 Å². The monoisotopic (exact) mass is 201 g/mol. The summed E-state index contributed by atoms with van der Waals surface area (Å²) in [6.07, 6.45) is 0. The molecule has 0 saturated carbocycles. The minimum absolute atomic E-state index is 0.193. The average molecular weight is 201 g/mol. The van der Waals surface area contributed by atoms with Crippen molar-refractivity contribution in [1.82, 2.24) is 0 Å². The number of nitrogens with two attached hydrogens (primary N) is 1. The van der Waals surface area contributed by atoms with Crippen LogP contribution in [0.5, 0.6) is 0 Å². The topological polar surface area (TPSA) is 69.4 Å². The van der Waals surface area contributed by atoms with Gasteiger partial charge in [0, 0.05) is 5.41 Å². The van der Waals surface area contributed by atoms with Crippen LogP contribution in [0.2, 0.25) is 0 Å². The molecule has 0 bridgehead atoms. The number of hydrogen-bond acceptors (Lipinski definition) is 4. The van der Waals surface area contributed by atoms with E-state index in [0.717, 1.165) is 0 Å². The van der Waals surface area contributed by atoms with Crippen molar-refractivity contribution in [3.63, 3.8) is 0 Å². The standard InChI is InChI=1S/C8H13NO3.C2H6/c1-8(2,3)6-5(4-9)11-7(10)12-6;1-2/h4,9H2,1-3H3;1-2H3. The van der Waals surface area contributed by atoms with Gasteiger partial charge in [0.2, 0.25) is 0 Å². The lowest BCUT2D eigenvalue weighted by atomic mass is 9.92. The maximum atomic E-state index is 10.7. The van der Waals surface area contributed by atoms with Crippen LogP contribution in [-0.2, 0) is 12.0 Å². The van der Waals surface area contributed by atoms with E-state index in [2.05, 4.69) is 0 Å². The van der Waals surface area contributed by atoms with Crippen LogP contribution in [-0.4, -0.2) is 0 Å². The fourth-order valence-electron chi connectivity index (χ4n) is 1.01. The zero-order chi connectivity index (χ0) is 11.4. The van der Waals surface area contributed by atoms with Crippen molar-refractivity contribution in [1.29, 1.82) is 0 Å². The lowest BCUT2D eigenvalue weighted by Crippen LogP contribution is -2.13.